The average molecular weight is 523 g/mol. The van der Waals surface area contributed by atoms with E-state index in [1.165, 1.54) is 22.5 Å². The van der Waals surface area contributed by atoms with E-state index in [0.717, 1.165) is 58.9 Å². The van der Waals surface area contributed by atoms with Gasteiger partial charge in [0, 0.05) is 41.3 Å². The summed E-state index contributed by atoms with van der Waals surface area (Å²) in [4.78, 5) is 35.8. The molecule has 0 spiro atoms. The average Bonchev–Trinajstić information content (AvgIpc) is 3.50. The fraction of sp³-hybridized carbons (Fsp3) is 0.258. The molecule has 2 aliphatic rings. The number of carbonyl (C=O) groups is 2. The Hall–Kier alpha value is -3.81. The monoisotopic (exact) mass is 522 g/mol. The molecule has 3 aromatic carbocycles. The van der Waals surface area contributed by atoms with Gasteiger partial charge in [0.15, 0.2) is 5.13 Å². The van der Waals surface area contributed by atoms with Gasteiger partial charge < -0.3 is 10.2 Å². The van der Waals surface area contributed by atoms with E-state index in [9.17, 15) is 9.59 Å². The molecule has 0 saturated carbocycles. The van der Waals surface area contributed by atoms with E-state index in [4.69, 9.17) is 4.98 Å². The Morgan fingerprint density at radius 3 is 2.58 bits per heavy atom. The lowest BCUT2D eigenvalue weighted by molar-refractivity contribution is -0.117. The van der Waals surface area contributed by atoms with E-state index in [0.29, 0.717) is 23.8 Å². The lowest BCUT2D eigenvalue weighted by Crippen LogP contribution is -2.37. The number of anilines is 2. The Kier molecular flexibility index (Phi) is 6.55. The van der Waals surface area contributed by atoms with Crippen molar-refractivity contribution in [3.63, 3.8) is 0 Å². The standard InChI is InChI=1S/C31H30N4O2S/c1-20-6-5-9-25(16-20)30(37)35-15-13-23-17-24(10-11-27(23)35)29-21(2)38-31(33-29)32-28(36)19-34-14-12-22-7-3-4-8-26(22)18-34/h3-11,16-17H,12-15,18-19H2,1-2H3,(H,32,33,36). The predicted molar refractivity (Wildman–Crippen MR) is 153 cm³/mol. The van der Waals surface area contributed by atoms with Crippen LogP contribution in [0.25, 0.3) is 11.3 Å². The third kappa shape index (κ3) is 4.87. The molecule has 1 aromatic heterocycles. The molecule has 7 heteroatoms. The van der Waals surface area contributed by atoms with Gasteiger partial charge in [-0.05, 0) is 67.6 Å². The van der Waals surface area contributed by atoms with E-state index in [1.54, 1.807) is 0 Å². The predicted octanol–water partition coefficient (Wildman–Crippen LogP) is 5.63. The SMILES string of the molecule is Cc1cccc(C(=O)N2CCc3cc(-c4nc(NC(=O)CN5CCc6ccccc6C5)sc4C)ccc32)c1. The number of nitrogens with zero attached hydrogens (tertiary/aromatic N) is 3. The summed E-state index contributed by atoms with van der Waals surface area (Å²) < 4.78 is 0. The fourth-order valence-electron chi connectivity index (χ4n) is 5.46. The number of rotatable bonds is 5. The van der Waals surface area contributed by atoms with Crippen LogP contribution >= 0.6 is 11.3 Å². The molecule has 3 heterocycles. The van der Waals surface area contributed by atoms with Gasteiger partial charge in [-0.25, -0.2) is 4.98 Å². The van der Waals surface area contributed by atoms with Crippen molar-refractivity contribution in [1.82, 2.24) is 9.88 Å². The lowest BCUT2D eigenvalue weighted by atomic mass is 10.00. The molecule has 2 aliphatic heterocycles. The molecule has 6 rings (SSSR count). The molecule has 0 bridgehead atoms. The van der Waals surface area contributed by atoms with Gasteiger partial charge >= 0.3 is 0 Å². The van der Waals surface area contributed by atoms with Crippen LogP contribution in [0.15, 0.2) is 66.7 Å². The Labute approximate surface area is 226 Å². The summed E-state index contributed by atoms with van der Waals surface area (Å²) in [6, 6.07) is 22.4. The van der Waals surface area contributed by atoms with Crippen LogP contribution in [0.2, 0.25) is 0 Å². The van der Waals surface area contributed by atoms with Gasteiger partial charge in [-0.15, -0.1) is 11.3 Å². The minimum absolute atomic E-state index is 0.0345. The largest absolute Gasteiger partial charge is 0.308 e. The zero-order chi connectivity index (χ0) is 26.2. The van der Waals surface area contributed by atoms with Gasteiger partial charge in [0.2, 0.25) is 5.91 Å². The molecule has 0 radical (unpaired) electrons. The van der Waals surface area contributed by atoms with Crippen LogP contribution in [0.4, 0.5) is 10.8 Å². The van der Waals surface area contributed by atoms with Crippen molar-refractivity contribution in [3.8, 4) is 11.3 Å². The summed E-state index contributed by atoms with van der Waals surface area (Å²) in [5.74, 6) is -0.00355. The van der Waals surface area contributed by atoms with Crippen molar-refractivity contribution < 1.29 is 9.59 Å². The van der Waals surface area contributed by atoms with Gasteiger partial charge in [-0.3, -0.25) is 14.5 Å². The molecule has 0 fully saturated rings. The number of hydrogen-bond donors (Lipinski definition) is 1. The van der Waals surface area contributed by atoms with Crippen molar-refractivity contribution >= 4 is 34.0 Å². The van der Waals surface area contributed by atoms with E-state index in [2.05, 4.69) is 40.5 Å². The topological polar surface area (TPSA) is 65.5 Å². The highest BCUT2D eigenvalue weighted by molar-refractivity contribution is 7.16. The quantitative estimate of drug-likeness (QED) is 0.369. The minimum Gasteiger partial charge on any atom is -0.308 e. The number of amides is 2. The van der Waals surface area contributed by atoms with Gasteiger partial charge in [0.1, 0.15) is 0 Å². The Morgan fingerprint density at radius 1 is 0.921 bits per heavy atom. The highest BCUT2D eigenvalue weighted by Gasteiger charge is 2.26. The third-order valence-electron chi connectivity index (χ3n) is 7.38. The summed E-state index contributed by atoms with van der Waals surface area (Å²) in [6.07, 6.45) is 1.78. The van der Waals surface area contributed by atoms with Crippen LogP contribution in [-0.2, 0) is 24.2 Å². The second-order valence-electron chi connectivity index (χ2n) is 10.1. The number of thiazole rings is 1. The van der Waals surface area contributed by atoms with Gasteiger partial charge in [-0.2, -0.15) is 0 Å². The molecular formula is C31H30N4O2S. The number of aromatic nitrogens is 1. The molecule has 2 amide bonds. The third-order valence-corrected chi connectivity index (χ3v) is 8.26. The zero-order valence-electron chi connectivity index (χ0n) is 21.7. The highest BCUT2D eigenvalue weighted by atomic mass is 32.1. The molecule has 1 N–H and O–H groups in total. The number of fused-ring (bicyclic) bond motifs is 2. The first-order chi connectivity index (χ1) is 18.4. The Bertz CT molecular complexity index is 1540. The van der Waals surface area contributed by atoms with Gasteiger partial charge in [-0.1, -0.05) is 48.0 Å². The molecule has 0 atom stereocenters. The zero-order valence-corrected chi connectivity index (χ0v) is 22.5. The molecule has 6 nitrogen and oxygen atoms in total. The fourth-order valence-corrected chi connectivity index (χ4v) is 6.31. The first-order valence-corrected chi connectivity index (χ1v) is 13.8. The lowest BCUT2D eigenvalue weighted by Gasteiger charge is -2.27. The first-order valence-electron chi connectivity index (χ1n) is 13.0. The smallest absolute Gasteiger partial charge is 0.258 e. The van der Waals surface area contributed by atoms with Crippen molar-refractivity contribution in [2.75, 3.05) is 29.9 Å². The second kappa shape index (κ2) is 10.2. The molecular weight excluding hydrogens is 492 g/mol. The summed E-state index contributed by atoms with van der Waals surface area (Å²) in [5, 5.41) is 3.64. The van der Waals surface area contributed by atoms with Crippen LogP contribution in [-0.4, -0.2) is 41.3 Å². The van der Waals surface area contributed by atoms with Crippen LogP contribution in [0.5, 0.6) is 0 Å². The number of hydrogen-bond acceptors (Lipinski definition) is 5. The van der Waals surface area contributed by atoms with Gasteiger partial charge in [0.05, 0.1) is 12.2 Å². The Balaban J connectivity index is 1.14. The van der Waals surface area contributed by atoms with Crippen LogP contribution in [0, 0.1) is 13.8 Å². The molecule has 38 heavy (non-hydrogen) atoms. The number of nitrogens with one attached hydrogen (secondary N) is 1. The van der Waals surface area contributed by atoms with Crippen LogP contribution in [0.1, 0.15) is 37.5 Å². The van der Waals surface area contributed by atoms with E-state index in [1.807, 2.05) is 55.1 Å². The van der Waals surface area contributed by atoms with E-state index in [-0.39, 0.29) is 11.8 Å². The number of benzene rings is 3. The van der Waals surface area contributed by atoms with Crippen molar-refractivity contribution in [2.24, 2.45) is 0 Å². The normalized spacial score (nSPS) is 14.7. The van der Waals surface area contributed by atoms with Gasteiger partial charge in [0.25, 0.3) is 5.91 Å². The molecule has 192 valence electrons. The number of aryl methyl sites for hydroxylation is 2. The second-order valence-corrected chi connectivity index (χ2v) is 11.3. The molecule has 0 aliphatic carbocycles. The Morgan fingerprint density at radius 2 is 1.74 bits per heavy atom. The van der Waals surface area contributed by atoms with Crippen molar-refractivity contribution in [3.05, 3.63) is 99.4 Å². The summed E-state index contributed by atoms with van der Waals surface area (Å²) in [6.45, 7) is 6.73. The summed E-state index contributed by atoms with van der Waals surface area (Å²) in [7, 11) is 0. The van der Waals surface area contributed by atoms with E-state index >= 15 is 0 Å². The van der Waals surface area contributed by atoms with Crippen molar-refractivity contribution in [2.45, 2.75) is 33.2 Å². The number of carbonyl (C=O) groups excluding carboxylic acids is 2. The molecule has 0 unspecified atom stereocenters. The van der Waals surface area contributed by atoms with Crippen LogP contribution in [0.3, 0.4) is 0 Å². The van der Waals surface area contributed by atoms with E-state index < -0.39 is 0 Å². The summed E-state index contributed by atoms with van der Waals surface area (Å²) in [5.41, 5.74) is 8.46. The van der Waals surface area contributed by atoms with Crippen LogP contribution < -0.4 is 10.2 Å². The highest BCUT2D eigenvalue weighted by Crippen LogP contribution is 2.36. The maximum Gasteiger partial charge on any atom is 0.258 e. The maximum atomic E-state index is 13.2. The van der Waals surface area contributed by atoms with Crippen molar-refractivity contribution in [1.29, 1.82) is 0 Å². The summed E-state index contributed by atoms with van der Waals surface area (Å²) >= 11 is 1.50. The minimum atomic E-state index is -0.0380. The molecule has 4 aromatic rings. The maximum absolute atomic E-state index is 13.2. The first kappa shape index (κ1) is 24.5. The molecule has 0 saturated heterocycles.